The van der Waals surface area contributed by atoms with Crippen LogP contribution >= 0.6 is 0 Å². The molecule has 8 heteroatoms. The van der Waals surface area contributed by atoms with Gasteiger partial charge in [0.2, 0.25) is 0 Å². The number of nitrogens with zero attached hydrogens (tertiary/aromatic N) is 2. The smallest absolute Gasteiger partial charge is 0.317 e. The van der Waals surface area contributed by atoms with Crippen LogP contribution in [0.4, 0.5) is 0 Å². The van der Waals surface area contributed by atoms with Gasteiger partial charge in [-0.05, 0) is 0 Å². The lowest BCUT2D eigenvalue weighted by atomic mass is 10.3. The van der Waals surface area contributed by atoms with Crippen molar-refractivity contribution in [2.45, 2.75) is 6.42 Å². The summed E-state index contributed by atoms with van der Waals surface area (Å²) in [6.07, 6.45) is 0.108. The third-order valence-corrected chi connectivity index (χ3v) is 1.53. The van der Waals surface area contributed by atoms with E-state index in [1.165, 1.54) is 4.90 Å². The molecule has 0 heterocycles. The van der Waals surface area contributed by atoms with Crippen molar-refractivity contribution in [1.82, 2.24) is 4.90 Å². The highest BCUT2D eigenvalue weighted by atomic mass is 16.4. The van der Waals surface area contributed by atoms with Crippen LogP contribution in [-0.2, 0) is 9.59 Å². The second-order valence-corrected chi connectivity index (χ2v) is 2.84. The molecule has 0 aromatic carbocycles. The maximum absolute atomic E-state index is 10.4. The number of hydrogen-bond donors (Lipinski definition) is 4. The Morgan fingerprint density at radius 1 is 1.20 bits per heavy atom. The maximum atomic E-state index is 10.4. The van der Waals surface area contributed by atoms with Crippen LogP contribution in [0.25, 0.3) is 0 Å². The first-order valence-corrected chi connectivity index (χ1v) is 4.08. The number of amidine groups is 1. The van der Waals surface area contributed by atoms with Crippen LogP contribution in [0.3, 0.4) is 0 Å². The molecule has 0 spiro atoms. The summed E-state index contributed by atoms with van der Waals surface area (Å²) in [5.74, 6) is -2.33. The van der Waals surface area contributed by atoms with E-state index in [4.69, 9.17) is 21.2 Å². The Bertz CT molecular complexity index is 249. The molecule has 5 N–H and O–H groups in total. The normalized spacial score (nSPS) is 11.7. The first-order valence-electron chi connectivity index (χ1n) is 4.08. The van der Waals surface area contributed by atoms with Crippen LogP contribution in [0.2, 0.25) is 0 Å². The number of rotatable bonds is 7. The Hall–Kier alpha value is -1.83. The van der Waals surface area contributed by atoms with Gasteiger partial charge in [-0.2, -0.15) is 0 Å². The van der Waals surface area contributed by atoms with E-state index < -0.39 is 25.0 Å². The zero-order valence-electron chi connectivity index (χ0n) is 7.96. The minimum absolute atomic E-state index is 0.0734. The lowest BCUT2D eigenvalue weighted by molar-refractivity contribution is -0.141. The standard InChI is InChI=1S/C7H13N3O5/c8-5(9-15)1-2-10(3-6(11)12)4-7(13)14/h15H,1-4H2,(H2,8,9)(H,11,12)(H,13,14). The van der Waals surface area contributed by atoms with Crippen molar-refractivity contribution in [3.63, 3.8) is 0 Å². The fraction of sp³-hybridized carbons (Fsp3) is 0.571. The molecular weight excluding hydrogens is 206 g/mol. The molecule has 0 atom stereocenters. The molecule has 0 saturated heterocycles. The van der Waals surface area contributed by atoms with E-state index in [-0.39, 0.29) is 18.8 Å². The number of hydrogen-bond acceptors (Lipinski definition) is 5. The molecule has 0 aliphatic heterocycles. The van der Waals surface area contributed by atoms with E-state index in [9.17, 15) is 9.59 Å². The highest BCUT2D eigenvalue weighted by molar-refractivity contribution is 5.80. The number of nitrogens with two attached hydrogens (primary N) is 1. The summed E-state index contributed by atoms with van der Waals surface area (Å²) < 4.78 is 0. The Morgan fingerprint density at radius 2 is 1.67 bits per heavy atom. The summed E-state index contributed by atoms with van der Waals surface area (Å²) in [6, 6.07) is 0. The van der Waals surface area contributed by atoms with Crippen LogP contribution in [0.15, 0.2) is 5.16 Å². The second kappa shape index (κ2) is 6.60. The Morgan fingerprint density at radius 3 is 2.00 bits per heavy atom. The quantitative estimate of drug-likeness (QED) is 0.179. The highest BCUT2D eigenvalue weighted by Crippen LogP contribution is 1.92. The van der Waals surface area contributed by atoms with Crippen LogP contribution in [0, 0.1) is 0 Å². The Labute approximate surface area is 85.6 Å². The number of oxime groups is 1. The second-order valence-electron chi connectivity index (χ2n) is 2.84. The number of aliphatic carboxylic acids is 2. The van der Waals surface area contributed by atoms with Gasteiger partial charge >= 0.3 is 11.9 Å². The van der Waals surface area contributed by atoms with Crippen LogP contribution < -0.4 is 5.73 Å². The van der Waals surface area contributed by atoms with Gasteiger partial charge in [-0.15, -0.1) is 0 Å². The lowest BCUT2D eigenvalue weighted by Gasteiger charge is -2.16. The monoisotopic (exact) mass is 219 g/mol. The molecule has 0 rings (SSSR count). The van der Waals surface area contributed by atoms with Gasteiger partial charge in [0.25, 0.3) is 0 Å². The molecule has 0 aromatic heterocycles. The zero-order chi connectivity index (χ0) is 11.8. The molecule has 0 bridgehead atoms. The van der Waals surface area contributed by atoms with Crippen molar-refractivity contribution in [1.29, 1.82) is 0 Å². The van der Waals surface area contributed by atoms with E-state index in [0.29, 0.717) is 0 Å². The predicted molar refractivity (Wildman–Crippen MR) is 49.7 cm³/mol. The molecule has 0 amide bonds. The van der Waals surface area contributed by atoms with Gasteiger partial charge in [0.15, 0.2) is 0 Å². The van der Waals surface area contributed by atoms with Crippen molar-refractivity contribution < 1.29 is 25.0 Å². The van der Waals surface area contributed by atoms with Crippen molar-refractivity contribution in [2.75, 3.05) is 19.6 Å². The molecule has 86 valence electrons. The number of carbonyl (C=O) groups is 2. The molecule has 15 heavy (non-hydrogen) atoms. The van der Waals surface area contributed by atoms with Crippen molar-refractivity contribution >= 4 is 17.8 Å². The Kier molecular flexibility index (Phi) is 5.79. The highest BCUT2D eigenvalue weighted by Gasteiger charge is 2.13. The van der Waals surface area contributed by atoms with Gasteiger partial charge in [-0.1, -0.05) is 5.16 Å². The van der Waals surface area contributed by atoms with Crippen LogP contribution in [0.1, 0.15) is 6.42 Å². The third-order valence-electron chi connectivity index (χ3n) is 1.53. The number of carboxylic acid groups (broad SMARTS) is 2. The molecule has 0 saturated carbocycles. The SMILES string of the molecule is NC(CCN(CC(=O)O)CC(=O)O)=NO. The van der Waals surface area contributed by atoms with Crippen molar-refractivity contribution in [3.05, 3.63) is 0 Å². The van der Waals surface area contributed by atoms with Crippen molar-refractivity contribution in [2.24, 2.45) is 10.9 Å². The van der Waals surface area contributed by atoms with Gasteiger partial charge in [0.1, 0.15) is 5.84 Å². The van der Waals surface area contributed by atoms with Gasteiger partial charge < -0.3 is 21.2 Å². The van der Waals surface area contributed by atoms with E-state index in [0.717, 1.165) is 0 Å². The molecule has 0 unspecified atom stereocenters. The average Bonchev–Trinajstić information content (AvgIpc) is 2.11. The molecular formula is C7H13N3O5. The summed E-state index contributed by atoms with van der Waals surface area (Å²) in [5, 5.41) is 27.9. The lowest BCUT2D eigenvalue weighted by Crippen LogP contribution is -2.36. The molecule has 0 aromatic rings. The largest absolute Gasteiger partial charge is 0.480 e. The van der Waals surface area contributed by atoms with Crippen molar-refractivity contribution in [3.8, 4) is 0 Å². The molecule has 8 nitrogen and oxygen atoms in total. The van der Waals surface area contributed by atoms with Gasteiger partial charge in [-0.3, -0.25) is 14.5 Å². The summed E-state index contributed by atoms with van der Waals surface area (Å²) in [4.78, 5) is 21.9. The van der Waals surface area contributed by atoms with E-state index in [1.807, 2.05) is 0 Å². The zero-order valence-corrected chi connectivity index (χ0v) is 7.96. The maximum Gasteiger partial charge on any atom is 0.317 e. The molecule has 0 aliphatic rings. The summed E-state index contributed by atoms with van der Waals surface area (Å²) in [6.45, 7) is -0.690. The Balaban J connectivity index is 4.12. The van der Waals surface area contributed by atoms with E-state index >= 15 is 0 Å². The van der Waals surface area contributed by atoms with Crippen LogP contribution in [0.5, 0.6) is 0 Å². The molecule has 0 fully saturated rings. The fourth-order valence-electron chi connectivity index (χ4n) is 0.919. The first-order chi connectivity index (χ1) is 6.95. The van der Waals surface area contributed by atoms with E-state index in [1.54, 1.807) is 0 Å². The summed E-state index contributed by atoms with van der Waals surface area (Å²) in [5.41, 5.74) is 5.16. The molecule has 0 aliphatic carbocycles. The minimum Gasteiger partial charge on any atom is -0.480 e. The predicted octanol–water partition coefficient (Wildman–Crippen LogP) is -1.41. The minimum atomic E-state index is -1.13. The van der Waals surface area contributed by atoms with Gasteiger partial charge in [0.05, 0.1) is 13.1 Å². The summed E-state index contributed by atoms with van der Waals surface area (Å²) >= 11 is 0. The third kappa shape index (κ3) is 7.26. The van der Waals surface area contributed by atoms with E-state index in [2.05, 4.69) is 5.16 Å². The van der Waals surface area contributed by atoms with Gasteiger partial charge in [0, 0.05) is 13.0 Å². The first kappa shape index (κ1) is 13.2. The number of carboxylic acids is 2. The average molecular weight is 219 g/mol. The summed E-state index contributed by atoms with van der Waals surface area (Å²) in [7, 11) is 0. The fourth-order valence-corrected chi connectivity index (χ4v) is 0.919. The van der Waals surface area contributed by atoms with Crippen LogP contribution in [-0.4, -0.2) is 57.7 Å². The van der Waals surface area contributed by atoms with Gasteiger partial charge in [-0.25, -0.2) is 0 Å². The molecule has 0 radical (unpaired) electrons. The topological polar surface area (TPSA) is 136 Å².